The quantitative estimate of drug-likeness (QED) is 0.634. The minimum Gasteiger partial charge on any atom is -0.487 e. The molecule has 0 saturated carbocycles. The summed E-state index contributed by atoms with van der Waals surface area (Å²) in [5.41, 5.74) is 2.58. The van der Waals surface area contributed by atoms with Crippen molar-refractivity contribution in [1.29, 1.82) is 0 Å². The van der Waals surface area contributed by atoms with Gasteiger partial charge in [-0.05, 0) is 44.0 Å². The highest BCUT2D eigenvalue weighted by Crippen LogP contribution is 2.35. The fourth-order valence-electron chi connectivity index (χ4n) is 2.32. The van der Waals surface area contributed by atoms with Gasteiger partial charge in [-0.25, -0.2) is 0 Å². The Balaban J connectivity index is 1.87. The van der Waals surface area contributed by atoms with Gasteiger partial charge in [-0.2, -0.15) is 0 Å². The molecule has 1 heterocycles. The zero-order valence-electron chi connectivity index (χ0n) is 11.3. The maximum absolute atomic E-state index is 5.86. The summed E-state index contributed by atoms with van der Waals surface area (Å²) in [6, 6.07) is 6.47. The molecule has 1 aromatic carbocycles. The Morgan fingerprint density at radius 1 is 1.44 bits per heavy atom. The van der Waals surface area contributed by atoms with E-state index in [1.165, 1.54) is 11.1 Å². The molecule has 0 saturated heterocycles. The molecule has 1 aliphatic heterocycles. The average molecular weight is 243 g/mol. The number of rotatable bonds is 5. The lowest BCUT2D eigenvalue weighted by atomic mass is 10.0. The molecule has 2 heteroatoms. The van der Waals surface area contributed by atoms with E-state index in [4.69, 9.17) is 11.2 Å². The lowest BCUT2D eigenvalue weighted by Crippen LogP contribution is -2.24. The van der Waals surface area contributed by atoms with Crippen LogP contribution in [0.3, 0.4) is 0 Å². The maximum Gasteiger partial charge on any atom is 0.123 e. The average Bonchev–Trinajstić information content (AvgIpc) is 2.62. The SMILES string of the molecule is C#CCCCNCc1ccc2c(c1)CC(C)(C)O2. The summed E-state index contributed by atoms with van der Waals surface area (Å²) in [4.78, 5) is 0. The van der Waals surface area contributed by atoms with Crippen LogP contribution in [0.15, 0.2) is 18.2 Å². The second kappa shape index (κ2) is 5.46. The largest absolute Gasteiger partial charge is 0.487 e. The van der Waals surface area contributed by atoms with Gasteiger partial charge in [0.15, 0.2) is 0 Å². The molecule has 0 aromatic heterocycles. The molecule has 1 aliphatic rings. The summed E-state index contributed by atoms with van der Waals surface area (Å²) in [5.74, 6) is 3.69. The van der Waals surface area contributed by atoms with E-state index in [1.54, 1.807) is 0 Å². The molecule has 1 aromatic rings. The van der Waals surface area contributed by atoms with Gasteiger partial charge in [0.25, 0.3) is 0 Å². The van der Waals surface area contributed by atoms with Gasteiger partial charge >= 0.3 is 0 Å². The van der Waals surface area contributed by atoms with E-state index in [0.717, 1.165) is 38.1 Å². The molecular formula is C16H21NO. The summed E-state index contributed by atoms with van der Waals surface area (Å²) < 4.78 is 5.86. The molecule has 0 atom stereocenters. The molecule has 2 nitrogen and oxygen atoms in total. The monoisotopic (exact) mass is 243 g/mol. The third kappa shape index (κ3) is 3.27. The van der Waals surface area contributed by atoms with E-state index in [9.17, 15) is 0 Å². The van der Waals surface area contributed by atoms with Crippen LogP contribution in [-0.2, 0) is 13.0 Å². The third-order valence-corrected chi connectivity index (χ3v) is 3.13. The minimum atomic E-state index is -0.0544. The Morgan fingerprint density at radius 3 is 3.06 bits per heavy atom. The van der Waals surface area contributed by atoms with Gasteiger partial charge in [-0.15, -0.1) is 12.3 Å². The molecule has 0 radical (unpaired) electrons. The van der Waals surface area contributed by atoms with Crippen LogP contribution in [-0.4, -0.2) is 12.1 Å². The predicted octanol–water partition coefficient (Wildman–Crippen LogP) is 2.90. The van der Waals surface area contributed by atoms with Gasteiger partial charge in [0.1, 0.15) is 11.4 Å². The molecule has 96 valence electrons. The highest BCUT2D eigenvalue weighted by Gasteiger charge is 2.29. The van der Waals surface area contributed by atoms with Gasteiger partial charge in [0.2, 0.25) is 0 Å². The van der Waals surface area contributed by atoms with Crippen molar-refractivity contribution in [1.82, 2.24) is 5.32 Å². The van der Waals surface area contributed by atoms with E-state index in [2.05, 4.69) is 43.3 Å². The number of unbranched alkanes of at least 4 members (excludes halogenated alkanes) is 1. The van der Waals surface area contributed by atoms with Gasteiger partial charge in [0, 0.05) is 19.4 Å². The summed E-state index contributed by atoms with van der Waals surface area (Å²) in [5, 5.41) is 3.41. The van der Waals surface area contributed by atoms with E-state index >= 15 is 0 Å². The standard InChI is InChI=1S/C16H21NO/c1-4-5-6-9-17-12-13-7-8-15-14(10-13)11-16(2,3)18-15/h1,7-8,10,17H,5-6,9,11-12H2,2-3H3. The first-order valence-corrected chi connectivity index (χ1v) is 6.56. The van der Waals surface area contributed by atoms with E-state index in [1.807, 2.05) is 0 Å². The van der Waals surface area contributed by atoms with Gasteiger partial charge in [-0.1, -0.05) is 12.1 Å². The summed E-state index contributed by atoms with van der Waals surface area (Å²) in [7, 11) is 0. The van der Waals surface area contributed by atoms with Crippen molar-refractivity contribution in [2.24, 2.45) is 0 Å². The number of nitrogens with one attached hydrogen (secondary N) is 1. The topological polar surface area (TPSA) is 21.3 Å². The highest BCUT2D eigenvalue weighted by molar-refractivity contribution is 5.41. The van der Waals surface area contributed by atoms with E-state index in [0.29, 0.717) is 0 Å². The number of hydrogen-bond acceptors (Lipinski definition) is 2. The van der Waals surface area contributed by atoms with Crippen molar-refractivity contribution in [2.75, 3.05) is 6.54 Å². The molecule has 2 rings (SSSR count). The van der Waals surface area contributed by atoms with Crippen LogP contribution in [0, 0.1) is 12.3 Å². The van der Waals surface area contributed by atoms with Gasteiger partial charge in [-0.3, -0.25) is 0 Å². The number of benzene rings is 1. The second-order valence-electron chi connectivity index (χ2n) is 5.47. The number of hydrogen-bond donors (Lipinski definition) is 1. The predicted molar refractivity (Wildman–Crippen MR) is 74.6 cm³/mol. The highest BCUT2D eigenvalue weighted by atomic mass is 16.5. The lowest BCUT2D eigenvalue weighted by molar-refractivity contribution is 0.138. The third-order valence-electron chi connectivity index (χ3n) is 3.13. The zero-order valence-corrected chi connectivity index (χ0v) is 11.3. The van der Waals surface area contributed by atoms with Crippen LogP contribution in [0.4, 0.5) is 0 Å². The molecule has 0 bridgehead atoms. The molecule has 1 N–H and O–H groups in total. The first kappa shape index (κ1) is 13.0. The summed E-state index contributed by atoms with van der Waals surface area (Å²) in [6.07, 6.45) is 8.10. The number of fused-ring (bicyclic) bond motifs is 1. The Bertz CT molecular complexity index is 457. The van der Waals surface area contributed by atoms with Crippen molar-refractivity contribution in [3.63, 3.8) is 0 Å². The normalized spacial score (nSPS) is 15.8. The molecule has 18 heavy (non-hydrogen) atoms. The Hall–Kier alpha value is -1.46. The van der Waals surface area contributed by atoms with Crippen LogP contribution in [0.1, 0.15) is 37.8 Å². The molecule has 0 aliphatic carbocycles. The van der Waals surface area contributed by atoms with Crippen molar-refractivity contribution in [2.45, 2.75) is 45.3 Å². The molecular weight excluding hydrogens is 222 g/mol. The lowest BCUT2D eigenvalue weighted by Gasteiger charge is -2.16. The molecule has 0 unspecified atom stereocenters. The first-order chi connectivity index (χ1) is 8.61. The summed E-state index contributed by atoms with van der Waals surface area (Å²) in [6.45, 7) is 6.14. The van der Waals surface area contributed by atoms with Crippen LogP contribution >= 0.6 is 0 Å². The van der Waals surface area contributed by atoms with Crippen LogP contribution in [0.2, 0.25) is 0 Å². The van der Waals surface area contributed by atoms with Crippen molar-refractivity contribution < 1.29 is 4.74 Å². The molecule has 0 amide bonds. The van der Waals surface area contributed by atoms with Crippen LogP contribution in [0.5, 0.6) is 5.75 Å². The smallest absolute Gasteiger partial charge is 0.123 e. The van der Waals surface area contributed by atoms with E-state index in [-0.39, 0.29) is 5.60 Å². The molecule has 0 fully saturated rings. The van der Waals surface area contributed by atoms with Crippen molar-refractivity contribution >= 4 is 0 Å². The summed E-state index contributed by atoms with van der Waals surface area (Å²) >= 11 is 0. The Labute approximate surface area is 110 Å². The zero-order chi connectivity index (χ0) is 13.0. The Kier molecular flexibility index (Phi) is 3.93. The number of ether oxygens (including phenoxy) is 1. The van der Waals surface area contributed by atoms with Crippen LogP contribution < -0.4 is 10.1 Å². The fourth-order valence-corrected chi connectivity index (χ4v) is 2.32. The van der Waals surface area contributed by atoms with Crippen molar-refractivity contribution in [3.05, 3.63) is 29.3 Å². The van der Waals surface area contributed by atoms with Crippen molar-refractivity contribution in [3.8, 4) is 18.1 Å². The minimum absolute atomic E-state index is 0.0544. The van der Waals surface area contributed by atoms with Gasteiger partial charge in [0.05, 0.1) is 0 Å². The number of terminal acetylenes is 1. The maximum atomic E-state index is 5.86. The first-order valence-electron chi connectivity index (χ1n) is 6.56. The van der Waals surface area contributed by atoms with Gasteiger partial charge < -0.3 is 10.1 Å². The fraction of sp³-hybridized carbons (Fsp3) is 0.500. The van der Waals surface area contributed by atoms with E-state index < -0.39 is 0 Å². The van der Waals surface area contributed by atoms with Crippen LogP contribution in [0.25, 0.3) is 0 Å². The second-order valence-corrected chi connectivity index (χ2v) is 5.47. The Morgan fingerprint density at radius 2 is 2.28 bits per heavy atom. The molecule has 0 spiro atoms.